The van der Waals surface area contributed by atoms with Crippen LogP contribution < -0.4 is 0 Å². The molecule has 0 aliphatic heterocycles. The quantitative estimate of drug-likeness (QED) is 0.607. The minimum Gasteiger partial charge on any atom is -0.207 e. The van der Waals surface area contributed by atoms with E-state index in [2.05, 4.69) is 0 Å². The summed E-state index contributed by atoms with van der Waals surface area (Å²) in [5, 5.41) is 0. The van der Waals surface area contributed by atoms with Crippen molar-refractivity contribution >= 4 is 6.08 Å². The van der Waals surface area contributed by atoms with E-state index in [-0.39, 0.29) is 5.56 Å². The number of hydrogen-bond donors (Lipinski definition) is 0. The zero-order valence-corrected chi connectivity index (χ0v) is 11.1. The van der Waals surface area contributed by atoms with Crippen LogP contribution in [0.25, 0.3) is 6.08 Å². The zero-order valence-electron chi connectivity index (χ0n) is 11.1. The van der Waals surface area contributed by atoms with E-state index in [1.165, 1.54) is 19.1 Å². The summed E-state index contributed by atoms with van der Waals surface area (Å²) in [6.45, 7) is 11.2. The highest BCUT2D eigenvalue weighted by molar-refractivity contribution is 5.49. The molecule has 0 saturated carbocycles. The Morgan fingerprint density at radius 2 is 1.31 bits per heavy atom. The summed E-state index contributed by atoms with van der Waals surface area (Å²) < 4.78 is 25.8. The predicted molar refractivity (Wildman–Crippen MR) is 68.5 cm³/mol. The van der Waals surface area contributed by atoms with Gasteiger partial charge >= 0.3 is 0 Å². The fourth-order valence-corrected chi connectivity index (χ4v) is 0.954. The summed E-state index contributed by atoms with van der Waals surface area (Å²) >= 11 is 0. The van der Waals surface area contributed by atoms with Crippen LogP contribution in [-0.2, 0) is 0 Å². The first-order chi connectivity index (χ1) is 7.65. The molecule has 0 atom stereocenters. The van der Waals surface area contributed by atoms with E-state index in [4.69, 9.17) is 0 Å². The Bertz CT molecular complexity index is 292. The summed E-state index contributed by atoms with van der Waals surface area (Å²) in [6, 6.07) is 2.64. The van der Waals surface area contributed by atoms with Gasteiger partial charge in [-0.3, -0.25) is 0 Å². The van der Waals surface area contributed by atoms with Gasteiger partial charge in [-0.15, -0.1) is 0 Å². The molecule has 2 heteroatoms. The Morgan fingerprint density at radius 3 is 1.62 bits per heavy atom. The maximum Gasteiger partial charge on any atom is 0.129 e. The second-order valence-electron chi connectivity index (χ2n) is 2.61. The lowest BCUT2D eigenvalue weighted by atomic mass is 10.1. The van der Waals surface area contributed by atoms with Gasteiger partial charge in [0.2, 0.25) is 0 Å². The number of rotatable bonds is 1. The van der Waals surface area contributed by atoms with Crippen LogP contribution >= 0.6 is 0 Å². The lowest BCUT2D eigenvalue weighted by molar-refractivity contribution is 0.567. The molecule has 0 spiro atoms. The van der Waals surface area contributed by atoms with Gasteiger partial charge in [0.1, 0.15) is 11.6 Å². The summed E-state index contributed by atoms with van der Waals surface area (Å²) in [7, 11) is 0. The molecule has 0 aromatic heterocycles. The Kier molecular flexibility index (Phi) is 11.1. The normalized spacial score (nSPS) is 9.00. The molecule has 0 fully saturated rings. The van der Waals surface area contributed by atoms with E-state index in [0.717, 1.165) is 0 Å². The lowest BCUT2D eigenvalue weighted by Gasteiger charge is -1.99. The molecule has 0 bridgehead atoms. The molecule has 16 heavy (non-hydrogen) atoms. The van der Waals surface area contributed by atoms with Crippen LogP contribution in [0.1, 0.15) is 45.7 Å². The van der Waals surface area contributed by atoms with Crippen molar-refractivity contribution in [3.63, 3.8) is 0 Å². The highest BCUT2D eigenvalue weighted by atomic mass is 19.1. The first-order valence-electron chi connectivity index (χ1n) is 5.73. The van der Waals surface area contributed by atoms with Crippen LogP contribution in [0.15, 0.2) is 18.2 Å². The molecule has 0 saturated heterocycles. The van der Waals surface area contributed by atoms with Gasteiger partial charge in [-0.25, -0.2) is 8.78 Å². The monoisotopic (exact) mass is 228 g/mol. The van der Waals surface area contributed by atoms with Crippen LogP contribution in [0.5, 0.6) is 0 Å². The van der Waals surface area contributed by atoms with Gasteiger partial charge in [-0.05, 0) is 31.5 Å². The van der Waals surface area contributed by atoms with Crippen LogP contribution in [0.2, 0.25) is 0 Å². The maximum absolute atomic E-state index is 12.9. The molecule has 0 N–H and O–H groups in total. The van der Waals surface area contributed by atoms with Crippen molar-refractivity contribution < 1.29 is 8.78 Å². The third-order valence-corrected chi connectivity index (χ3v) is 1.66. The molecule has 0 aliphatic rings. The van der Waals surface area contributed by atoms with Crippen molar-refractivity contribution in [1.82, 2.24) is 0 Å². The summed E-state index contributed by atoms with van der Waals surface area (Å²) in [4.78, 5) is 0. The smallest absolute Gasteiger partial charge is 0.129 e. The molecule has 0 nitrogen and oxygen atoms in total. The average Bonchev–Trinajstić information content (AvgIpc) is 2.31. The van der Waals surface area contributed by atoms with Gasteiger partial charge in [0, 0.05) is 5.56 Å². The maximum atomic E-state index is 12.9. The molecule has 1 aromatic rings. The number of halogens is 2. The topological polar surface area (TPSA) is 0 Å². The molecule has 0 heterocycles. The Morgan fingerprint density at radius 1 is 0.938 bits per heavy atom. The van der Waals surface area contributed by atoms with Gasteiger partial charge in [-0.2, -0.15) is 0 Å². The van der Waals surface area contributed by atoms with Gasteiger partial charge in [0.15, 0.2) is 0 Å². The number of hydrogen-bond acceptors (Lipinski definition) is 0. The molecule has 1 aromatic carbocycles. The first-order valence-corrected chi connectivity index (χ1v) is 5.73. The van der Waals surface area contributed by atoms with Crippen molar-refractivity contribution in [3.8, 4) is 0 Å². The second-order valence-corrected chi connectivity index (χ2v) is 2.61. The highest BCUT2D eigenvalue weighted by Gasteiger charge is 2.04. The van der Waals surface area contributed by atoms with Gasteiger partial charge in [-0.1, -0.05) is 39.8 Å². The zero-order chi connectivity index (χ0) is 13.1. The minimum atomic E-state index is -0.497. The second kappa shape index (κ2) is 10.3. The summed E-state index contributed by atoms with van der Waals surface area (Å²) in [6.07, 6.45) is 3.40. The van der Waals surface area contributed by atoms with Crippen LogP contribution in [-0.4, -0.2) is 0 Å². The molecular weight excluding hydrogens is 206 g/mol. The van der Waals surface area contributed by atoms with Crippen molar-refractivity contribution in [2.45, 2.75) is 41.5 Å². The van der Waals surface area contributed by atoms with Crippen molar-refractivity contribution in [2.75, 3.05) is 0 Å². The number of benzene rings is 1. The van der Waals surface area contributed by atoms with E-state index in [1.54, 1.807) is 19.1 Å². The van der Waals surface area contributed by atoms with E-state index < -0.39 is 11.6 Å². The first kappa shape index (κ1) is 17.2. The van der Waals surface area contributed by atoms with Crippen molar-refractivity contribution in [2.24, 2.45) is 0 Å². The van der Waals surface area contributed by atoms with Gasteiger partial charge in [0.25, 0.3) is 0 Å². The van der Waals surface area contributed by atoms with E-state index in [0.29, 0.717) is 5.56 Å². The Hall–Kier alpha value is -1.18. The largest absolute Gasteiger partial charge is 0.207 e. The predicted octanol–water partition coefficient (Wildman–Crippen LogP) is 5.36. The van der Waals surface area contributed by atoms with Gasteiger partial charge in [0.05, 0.1) is 0 Å². The molecule has 0 aliphatic carbocycles. The lowest BCUT2D eigenvalue weighted by Crippen LogP contribution is -1.89. The van der Waals surface area contributed by atoms with E-state index >= 15 is 0 Å². The van der Waals surface area contributed by atoms with Crippen LogP contribution in [0.3, 0.4) is 0 Å². The van der Waals surface area contributed by atoms with Crippen molar-refractivity contribution in [3.05, 3.63) is 41.0 Å². The molecule has 0 unspecified atom stereocenters. The summed E-state index contributed by atoms with van der Waals surface area (Å²) in [5.74, 6) is -0.994. The fraction of sp³-hybridized carbons (Fsp3) is 0.429. The van der Waals surface area contributed by atoms with Crippen LogP contribution in [0, 0.1) is 18.6 Å². The molecule has 92 valence electrons. The highest BCUT2D eigenvalue weighted by Crippen LogP contribution is 2.14. The van der Waals surface area contributed by atoms with Crippen LogP contribution in [0.4, 0.5) is 8.78 Å². The third-order valence-electron chi connectivity index (χ3n) is 1.66. The standard InChI is InChI=1S/C10H10F2.2C2H6/c1-3-4-8-5-9(11)7(2)10(12)6-8;2*1-2/h3-6H,1-2H3;2*1-2H3/b4-3+;;. The summed E-state index contributed by atoms with van der Waals surface area (Å²) in [5.41, 5.74) is 0.626. The van der Waals surface area contributed by atoms with Crippen molar-refractivity contribution in [1.29, 1.82) is 0 Å². The molecule has 0 amide bonds. The molecular formula is C14H22F2. The Labute approximate surface area is 98.0 Å². The van der Waals surface area contributed by atoms with E-state index in [9.17, 15) is 8.78 Å². The number of allylic oxidation sites excluding steroid dienone is 1. The SMILES string of the molecule is C/C=C/c1cc(F)c(C)c(F)c1.CC.CC. The molecule has 0 radical (unpaired) electrons. The van der Waals surface area contributed by atoms with E-state index in [1.807, 2.05) is 27.7 Å². The minimum absolute atomic E-state index is 0.0725. The molecule has 1 rings (SSSR count). The third kappa shape index (κ3) is 5.64. The van der Waals surface area contributed by atoms with Gasteiger partial charge < -0.3 is 0 Å². The average molecular weight is 228 g/mol. The fourth-order valence-electron chi connectivity index (χ4n) is 0.954. The Balaban J connectivity index is 0.